The summed E-state index contributed by atoms with van der Waals surface area (Å²) in [5.74, 6) is -0.297. The fourth-order valence-corrected chi connectivity index (χ4v) is 3.05. The van der Waals surface area contributed by atoms with Crippen LogP contribution in [0.15, 0.2) is 18.2 Å². The first-order valence-corrected chi connectivity index (χ1v) is 7.97. The molecule has 2 atom stereocenters. The van der Waals surface area contributed by atoms with Crippen molar-refractivity contribution in [1.29, 1.82) is 0 Å². The van der Waals surface area contributed by atoms with Crippen molar-refractivity contribution in [3.05, 3.63) is 29.6 Å². The lowest BCUT2D eigenvalue weighted by atomic mass is 10.0. The maximum atomic E-state index is 12.4. The molecule has 2 aromatic rings. The number of nitrogens with one attached hydrogen (secondary N) is 2. The van der Waals surface area contributed by atoms with Crippen LogP contribution in [0, 0.1) is 25.7 Å². The molecule has 3 N–H and O–H groups in total. The number of hydrogen-bond donors (Lipinski definition) is 3. The molecule has 0 radical (unpaired) electrons. The second kappa shape index (κ2) is 6.43. The van der Waals surface area contributed by atoms with Crippen molar-refractivity contribution >= 4 is 17.6 Å². The Balaban J connectivity index is 1.75. The minimum Gasteiger partial charge on any atom is -0.481 e. The van der Waals surface area contributed by atoms with E-state index in [1.807, 2.05) is 32.0 Å². The Bertz CT molecular complexity index is 784. The predicted molar refractivity (Wildman–Crippen MR) is 88.4 cm³/mol. The van der Waals surface area contributed by atoms with Gasteiger partial charge < -0.3 is 10.4 Å². The number of carboxylic acid groups (broad SMARTS) is 1. The van der Waals surface area contributed by atoms with Gasteiger partial charge in [0.25, 0.3) is 0 Å². The van der Waals surface area contributed by atoms with Crippen LogP contribution in [0.25, 0.3) is 11.4 Å². The summed E-state index contributed by atoms with van der Waals surface area (Å²) in [7, 11) is 0. The lowest BCUT2D eigenvalue weighted by molar-refractivity contribution is -0.141. The van der Waals surface area contributed by atoms with Crippen molar-refractivity contribution < 1.29 is 14.7 Å². The first kappa shape index (κ1) is 16.2. The van der Waals surface area contributed by atoms with Crippen LogP contribution in [0.5, 0.6) is 0 Å². The molecule has 126 valence electrons. The number of hydrogen-bond acceptors (Lipinski definition) is 4. The summed E-state index contributed by atoms with van der Waals surface area (Å²) in [6, 6.07) is 5.66. The van der Waals surface area contributed by atoms with E-state index in [9.17, 15) is 9.59 Å². The van der Waals surface area contributed by atoms with Crippen LogP contribution < -0.4 is 5.32 Å². The number of aliphatic carboxylic acids is 1. The molecule has 1 aliphatic rings. The zero-order valence-corrected chi connectivity index (χ0v) is 13.7. The van der Waals surface area contributed by atoms with Gasteiger partial charge in [0, 0.05) is 17.2 Å². The molecule has 7 nitrogen and oxygen atoms in total. The van der Waals surface area contributed by atoms with E-state index in [1.165, 1.54) is 0 Å². The molecule has 3 rings (SSSR count). The summed E-state index contributed by atoms with van der Waals surface area (Å²) in [6.07, 6.45) is 1.57. The van der Waals surface area contributed by atoms with Crippen molar-refractivity contribution in [2.24, 2.45) is 11.8 Å². The molecule has 1 fully saturated rings. The van der Waals surface area contributed by atoms with E-state index >= 15 is 0 Å². The van der Waals surface area contributed by atoms with Crippen molar-refractivity contribution in [3.8, 4) is 11.4 Å². The highest BCUT2D eigenvalue weighted by atomic mass is 16.4. The van der Waals surface area contributed by atoms with Crippen LogP contribution in [-0.4, -0.2) is 32.2 Å². The first-order chi connectivity index (χ1) is 11.4. The smallest absolute Gasteiger partial charge is 0.306 e. The number of carboxylic acids is 1. The molecular formula is C17H20N4O3. The lowest BCUT2D eigenvalue weighted by Crippen LogP contribution is -2.22. The van der Waals surface area contributed by atoms with E-state index in [1.54, 1.807) is 0 Å². The highest BCUT2D eigenvalue weighted by Crippen LogP contribution is 2.32. The maximum Gasteiger partial charge on any atom is 0.306 e. The van der Waals surface area contributed by atoms with Crippen LogP contribution in [0.2, 0.25) is 0 Å². The number of amides is 1. The van der Waals surface area contributed by atoms with Gasteiger partial charge in [0.05, 0.1) is 5.92 Å². The monoisotopic (exact) mass is 328 g/mol. The number of aromatic nitrogens is 3. The van der Waals surface area contributed by atoms with Crippen LogP contribution in [0.1, 0.15) is 30.7 Å². The largest absolute Gasteiger partial charge is 0.481 e. The zero-order chi connectivity index (χ0) is 17.3. The summed E-state index contributed by atoms with van der Waals surface area (Å²) in [4.78, 5) is 27.8. The van der Waals surface area contributed by atoms with Gasteiger partial charge in [-0.25, -0.2) is 4.98 Å². The Morgan fingerprint density at radius 1 is 1.25 bits per heavy atom. The fourth-order valence-electron chi connectivity index (χ4n) is 3.05. The number of anilines is 1. The lowest BCUT2D eigenvalue weighted by Gasteiger charge is -2.13. The number of nitrogens with zero attached hydrogens (tertiary/aromatic N) is 2. The van der Waals surface area contributed by atoms with Gasteiger partial charge in [-0.2, -0.15) is 5.10 Å². The minimum absolute atomic E-state index is 0.120. The number of aryl methyl sites for hydroxylation is 2. The third-order valence-electron chi connectivity index (χ3n) is 4.50. The molecule has 0 aliphatic heterocycles. The highest BCUT2D eigenvalue weighted by Gasteiger charge is 2.33. The SMILES string of the molecule is Cc1nc(-c2ccc(C)c(NC(=O)[C@@H]3CC[C@H](C(=O)O)C3)c2)n[nH]1. The molecule has 7 heteroatoms. The maximum absolute atomic E-state index is 12.4. The molecule has 0 saturated heterocycles. The van der Waals surface area contributed by atoms with E-state index in [-0.39, 0.29) is 11.8 Å². The van der Waals surface area contributed by atoms with Crippen molar-refractivity contribution in [2.45, 2.75) is 33.1 Å². The highest BCUT2D eigenvalue weighted by molar-refractivity contribution is 5.94. The number of aromatic amines is 1. The second-order valence-electron chi connectivity index (χ2n) is 6.31. The van der Waals surface area contributed by atoms with Gasteiger partial charge in [-0.1, -0.05) is 12.1 Å². The summed E-state index contributed by atoms with van der Waals surface area (Å²) in [5, 5.41) is 18.9. The van der Waals surface area contributed by atoms with Gasteiger partial charge in [0.2, 0.25) is 5.91 Å². The molecule has 24 heavy (non-hydrogen) atoms. The molecule has 0 spiro atoms. The van der Waals surface area contributed by atoms with Crippen LogP contribution in [-0.2, 0) is 9.59 Å². The Morgan fingerprint density at radius 3 is 2.62 bits per heavy atom. The third-order valence-corrected chi connectivity index (χ3v) is 4.50. The fraction of sp³-hybridized carbons (Fsp3) is 0.412. The topological polar surface area (TPSA) is 108 Å². The zero-order valence-electron chi connectivity index (χ0n) is 13.7. The molecule has 0 bridgehead atoms. The molecule has 1 amide bonds. The van der Waals surface area contributed by atoms with Crippen LogP contribution in [0.4, 0.5) is 5.69 Å². The molecule has 1 saturated carbocycles. The average Bonchev–Trinajstić information content (AvgIpc) is 3.18. The number of benzene rings is 1. The van der Waals surface area contributed by atoms with E-state index in [2.05, 4.69) is 20.5 Å². The molecule has 1 aromatic carbocycles. The van der Waals surface area contributed by atoms with Crippen molar-refractivity contribution in [3.63, 3.8) is 0 Å². The van der Waals surface area contributed by atoms with Gasteiger partial charge in [0.1, 0.15) is 5.82 Å². The average molecular weight is 328 g/mol. The summed E-state index contributed by atoms with van der Waals surface area (Å²) < 4.78 is 0. The minimum atomic E-state index is -0.816. The summed E-state index contributed by atoms with van der Waals surface area (Å²) in [6.45, 7) is 3.74. The predicted octanol–water partition coefficient (Wildman–Crippen LogP) is 2.53. The number of carbonyl (C=O) groups excluding carboxylic acids is 1. The third kappa shape index (κ3) is 3.29. The van der Waals surface area contributed by atoms with Gasteiger partial charge in [-0.05, 0) is 44.7 Å². The number of H-pyrrole nitrogens is 1. The molecule has 0 unspecified atom stereocenters. The Hall–Kier alpha value is -2.70. The molecule has 1 heterocycles. The molecular weight excluding hydrogens is 308 g/mol. The standard InChI is InChI=1S/C17H20N4O3/c1-9-3-4-11(15-18-10(2)20-21-15)8-14(9)19-16(22)12-5-6-13(7-12)17(23)24/h3-4,8,12-13H,5-7H2,1-2H3,(H,19,22)(H,23,24)(H,18,20,21)/t12-,13+/m1/s1. The molecule has 1 aromatic heterocycles. The van der Waals surface area contributed by atoms with E-state index in [0.717, 1.165) is 17.0 Å². The Kier molecular flexibility index (Phi) is 4.33. The number of rotatable bonds is 4. The van der Waals surface area contributed by atoms with E-state index in [0.29, 0.717) is 30.8 Å². The van der Waals surface area contributed by atoms with Crippen LogP contribution in [0.3, 0.4) is 0 Å². The van der Waals surface area contributed by atoms with E-state index in [4.69, 9.17) is 5.11 Å². The first-order valence-electron chi connectivity index (χ1n) is 7.97. The molecule has 1 aliphatic carbocycles. The van der Waals surface area contributed by atoms with Gasteiger partial charge >= 0.3 is 5.97 Å². The normalized spacial score (nSPS) is 20.1. The van der Waals surface area contributed by atoms with Crippen LogP contribution >= 0.6 is 0 Å². The Morgan fingerprint density at radius 2 is 2.00 bits per heavy atom. The summed E-state index contributed by atoms with van der Waals surface area (Å²) in [5.41, 5.74) is 2.46. The summed E-state index contributed by atoms with van der Waals surface area (Å²) >= 11 is 0. The second-order valence-corrected chi connectivity index (χ2v) is 6.31. The van der Waals surface area contributed by atoms with Gasteiger partial charge in [-0.15, -0.1) is 0 Å². The quantitative estimate of drug-likeness (QED) is 0.799. The Labute approximate surface area is 139 Å². The number of carbonyl (C=O) groups is 2. The van der Waals surface area contributed by atoms with Gasteiger partial charge in [0.15, 0.2) is 5.82 Å². The van der Waals surface area contributed by atoms with Crippen molar-refractivity contribution in [1.82, 2.24) is 15.2 Å². The van der Waals surface area contributed by atoms with Crippen molar-refractivity contribution in [2.75, 3.05) is 5.32 Å². The van der Waals surface area contributed by atoms with Gasteiger partial charge in [-0.3, -0.25) is 14.7 Å². The van der Waals surface area contributed by atoms with E-state index < -0.39 is 11.9 Å².